The molecular formula is C13H13B. The van der Waals surface area contributed by atoms with Gasteiger partial charge in [-0.25, -0.2) is 0 Å². The van der Waals surface area contributed by atoms with Crippen LogP contribution in [0.15, 0.2) is 24.3 Å². The molecule has 2 aliphatic carbocycles. The van der Waals surface area contributed by atoms with E-state index in [4.69, 9.17) is 7.85 Å². The second-order valence-corrected chi connectivity index (χ2v) is 4.52. The Hall–Kier alpha value is -0.975. The van der Waals surface area contributed by atoms with Crippen LogP contribution in [0.4, 0.5) is 0 Å². The third-order valence-electron chi connectivity index (χ3n) is 3.38. The van der Waals surface area contributed by atoms with Crippen LogP contribution < -0.4 is 5.46 Å². The molecule has 1 heteroatoms. The Morgan fingerprint density at radius 2 is 2.07 bits per heavy atom. The number of rotatable bonds is 1. The molecule has 1 saturated carbocycles. The molecule has 1 aromatic rings. The van der Waals surface area contributed by atoms with Crippen molar-refractivity contribution < 1.29 is 0 Å². The molecule has 0 aliphatic heterocycles. The van der Waals surface area contributed by atoms with Gasteiger partial charge >= 0.3 is 0 Å². The second-order valence-electron chi connectivity index (χ2n) is 4.52. The monoisotopic (exact) mass is 180 g/mol. The zero-order chi connectivity index (χ0) is 9.54. The van der Waals surface area contributed by atoms with Crippen LogP contribution in [0.3, 0.4) is 0 Å². The molecule has 0 aromatic heterocycles. The molecule has 1 fully saturated rings. The summed E-state index contributed by atoms with van der Waals surface area (Å²) >= 11 is 0. The van der Waals surface area contributed by atoms with Gasteiger partial charge in [-0.3, -0.25) is 0 Å². The van der Waals surface area contributed by atoms with Gasteiger partial charge in [0.1, 0.15) is 7.85 Å². The zero-order valence-electron chi connectivity index (χ0n) is 8.24. The molecule has 2 aliphatic rings. The summed E-state index contributed by atoms with van der Waals surface area (Å²) in [5.41, 5.74) is 3.67. The SMILES string of the molecule is [B]c1ccc2c(c1)C=C[C@@H](C1CC1)C2. The van der Waals surface area contributed by atoms with Crippen molar-refractivity contribution in [2.75, 3.05) is 0 Å². The Kier molecular flexibility index (Phi) is 1.80. The molecule has 0 unspecified atom stereocenters. The van der Waals surface area contributed by atoms with E-state index in [1.165, 1.54) is 30.4 Å². The fourth-order valence-corrected chi connectivity index (χ4v) is 2.35. The highest BCUT2D eigenvalue weighted by atomic mass is 14.4. The zero-order valence-corrected chi connectivity index (χ0v) is 8.24. The van der Waals surface area contributed by atoms with Crippen molar-refractivity contribution in [1.29, 1.82) is 0 Å². The van der Waals surface area contributed by atoms with E-state index in [1.807, 2.05) is 6.07 Å². The lowest BCUT2D eigenvalue weighted by atomic mass is 9.83. The second kappa shape index (κ2) is 3.01. The Bertz CT molecular complexity index is 388. The molecule has 2 radical (unpaired) electrons. The number of allylic oxidation sites excluding steroid dienone is 1. The topological polar surface area (TPSA) is 0 Å². The standard InChI is InChI=1S/C13H13B/c14-13-6-5-11-7-10(9-1-2-9)3-4-12(11)8-13/h3-6,8-10H,1-2,7H2/t10-/m1/s1. The van der Waals surface area contributed by atoms with E-state index in [1.54, 1.807) is 0 Å². The van der Waals surface area contributed by atoms with E-state index in [0.29, 0.717) is 0 Å². The molecule has 14 heavy (non-hydrogen) atoms. The predicted octanol–water partition coefficient (Wildman–Crippen LogP) is 2.08. The first-order valence-corrected chi connectivity index (χ1v) is 5.39. The molecule has 68 valence electrons. The average molecular weight is 180 g/mol. The van der Waals surface area contributed by atoms with Gasteiger partial charge in [-0.15, -0.1) is 0 Å². The number of hydrogen-bond donors (Lipinski definition) is 0. The van der Waals surface area contributed by atoms with Crippen molar-refractivity contribution in [2.45, 2.75) is 19.3 Å². The Labute approximate surface area is 86.4 Å². The highest BCUT2D eigenvalue weighted by Gasteiger charge is 2.30. The summed E-state index contributed by atoms with van der Waals surface area (Å²) in [6.45, 7) is 0. The van der Waals surface area contributed by atoms with Gasteiger partial charge in [0.2, 0.25) is 0 Å². The number of benzene rings is 1. The van der Waals surface area contributed by atoms with E-state index in [9.17, 15) is 0 Å². The maximum Gasteiger partial charge on any atom is 0.113 e. The van der Waals surface area contributed by atoms with E-state index in [2.05, 4.69) is 24.3 Å². The third kappa shape index (κ3) is 1.41. The van der Waals surface area contributed by atoms with Crippen LogP contribution >= 0.6 is 0 Å². The van der Waals surface area contributed by atoms with E-state index < -0.39 is 0 Å². The van der Waals surface area contributed by atoms with Gasteiger partial charge in [0.05, 0.1) is 0 Å². The summed E-state index contributed by atoms with van der Waals surface area (Å²) in [5.74, 6) is 1.77. The van der Waals surface area contributed by atoms with Gasteiger partial charge in [0, 0.05) is 0 Å². The number of fused-ring (bicyclic) bond motifs is 1. The molecule has 0 spiro atoms. The average Bonchev–Trinajstić information content (AvgIpc) is 3.00. The first kappa shape index (κ1) is 8.34. The van der Waals surface area contributed by atoms with Crippen LogP contribution in [0.5, 0.6) is 0 Å². The third-order valence-corrected chi connectivity index (χ3v) is 3.38. The number of hydrogen-bond acceptors (Lipinski definition) is 0. The van der Waals surface area contributed by atoms with Gasteiger partial charge in [0.25, 0.3) is 0 Å². The van der Waals surface area contributed by atoms with Gasteiger partial charge < -0.3 is 0 Å². The van der Waals surface area contributed by atoms with Crippen LogP contribution in [-0.2, 0) is 6.42 Å². The lowest BCUT2D eigenvalue weighted by molar-refractivity contribution is 0.563. The lowest BCUT2D eigenvalue weighted by Gasteiger charge is -2.19. The molecule has 0 heterocycles. The largest absolute Gasteiger partial charge is 0.113 e. The van der Waals surface area contributed by atoms with Crippen molar-refractivity contribution in [3.63, 3.8) is 0 Å². The minimum atomic E-state index is 0.797. The van der Waals surface area contributed by atoms with Crippen molar-refractivity contribution in [1.82, 2.24) is 0 Å². The maximum absolute atomic E-state index is 5.75. The van der Waals surface area contributed by atoms with E-state index in [-0.39, 0.29) is 0 Å². The van der Waals surface area contributed by atoms with Crippen LogP contribution in [0.2, 0.25) is 0 Å². The maximum atomic E-state index is 5.75. The van der Waals surface area contributed by atoms with Crippen LogP contribution in [0, 0.1) is 11.8 Å². The van der Waals surface area contributed by atoms with Crippen LogP contribution in [0.25, 0.3) is 6.08 Å². The Balaban J connectivity index is 1.93. The predicted molar refractivity (Wildman–Crippen MR) is 60.8 cm³/mol. The van der Waals surface area contributed by atoms with Crippen LogP contribution in [0.1, 0.15) is 24.0 Å². The lowest BCUT2D eigenvalue weighted by Crippen LogP contribution is -2.12. The molecule has 3 rings (SSSR count). The Morgan fingerprint density at radius 3 is 2.86 bits per heavy atom. The fraction of sp³-hybridized carbons (Fsp3) is 0.385. The fourth-order valence-electron chi connectivity index (χ4n) is 2.35. The summed E-state index contributed by atoms with van der Waals surface area (Å²) in [7, 11) is 5.75. The van der Waals surface area contributed by atoms with Crippen molar-refractivity contribution >= 4 is 19.4 Å². The van der Waals surface area contributed by atoms with Crippen molar-refractivity contribution in [3.05, 3.63) is 35.4 Å². The normalized spacial score (nSPS) is 24.7. The van der Waals surface area contributed by atoms with Crippen molar-refractivity contribution in [2.24, 2.45) is 11.8 Å². The summed E-state index contributed by atoms with van der Waals surface area (Å²) in [6.07, 6.45) is 8.70. The van der Waals surface area contributed by atoms with Gasteiger partial charge in [-0.1, -0.05) is 35.8 Å². The molecule has 0 nitrogen and oxygen atoms in total. The molecule has 0 N–H and O–H groups in total. The molecule has 1 atom stereocenters. The first-order chi connectivity index (χ1) is 6.83. The highest BCUT2D eigenvalue weighted by molar-refractivity contribution is 6.32. The molecule has 1 aromatic carbocycles. The smallest absolute Gasteiger partial charge is 0.0961 e. The van der Waals surface area contributed by atoms with Crippen LogP contribution in [-0.4, -0.2) is 7.85 Å². The quantitative estimate of drug-likeness (QED) is 0.580. The summed E-state index contributed by atoms with van der Waals surface area (Å²) in [5, 5.41) is 0. The summed E-state index contributed by atoms with van der Waals surface area (Å²) in [4.78, 5) is 0. The van der Waals surface area contributed by atoms with E-state index >= 15 is 0 Å². The highest BCUT2D eigenvalue weighted by Crippen LogP contribution is 2.41. The van der Waals surface area contributed by atoms with E-state index in [0.717, 1.165) is 17.3 Å². The molecule has 0 saturated heterocycles. The Morgan fingerprint density at radius 1 is 1.21 bits per heavy atom. The molecular weight excluding hydrogens is 167 g/mol. The van der Waals surface area contributed by atoms with Crippen molar-refractivity contribution in [3.8, 4) is 0 Å². The summed E-state index contributed by atoms with van der Waals surface area (Å²) < 4.78 is 0. The first-order valence-electron chi connectivity index (χ1n) is 5.39. The van der Waals surface area contributed by atoms with Gasteiger partial charge in [-0.2, -0.15) is 0 Å². The molecule has 0 amide bonds. The summed E-state index contributed by atoms with van der Waals surface area (Å²) in [6, 6.07) is 6.28. The molecule has 0 bridgehead atoms. The minimum absolute atomic E-state index is 0.797. The van der Waals surface area contributed by atoms with Gasteiger partial charge in [0.15, 0.2) is 0 Å². The van der Waals surface area contributed by atoms with Gasteiger partial charge in [-0.05, 0) is 42.2 Å². The minimum Gasteiger partial charge on any atom is -0.0961 e.